The molecule has 6 aliphatic rings. The van der Waals surface area contributed by atoms with Gasteiger partial charge in [-0.3, -0.25) is 0 Å². The largest absolute Gasteiger partial charge is 0.393 e. The molecule has 2 aliphatic heterocycles. The number of hydrogen-bond donors (Lipinski definition) is 4. The predicted octanol–water partition coefficient (Wildman–Crippen LogP) is 5.04. The minimum Gasteiger partial charge on any atom is -0.393 e. The van der Waals surface area contributed by atoms with E-state index < -0.39 is 24.6 Å². The van der Waals surface area contributed by atoms with Crippen LogP contribution in [0.1, 0.15) is 111 Å². The Hall–Kier alpha value is -0.280. The number of fused-ring (bicyclic) bond motifs is 5. The van der Waals surface area contributed by atoms with Crippen LogP contribution in [0, 0.1) is 46.3 Å². The molecule has 242 valence electrons. The molecule has 0 radical (unpaired) electrons. The van der Waals surface area contributed by atoms with Crippen molar-refractivity contribution in [2.75, 3.05) is 13.7 Å². The molecule has 7 nitrogen and oxygen atoms in total. The minimum atomic E-state index is -0.652. The van der Waals surface area contributed by atoms with Gasteiger partial charge in [0.1, 0.15) is 6.10 Å². The van der Waals surface area contributed by atoms with Crippen LogP contribution in [0.4, 0.5) is 0 Å². The lowest BCUT2D eigenvalue weighted by Crippen LogP contribution is -2.56. The van der Waals surface area contributed by atoms with Crippen LogP contribution in [0.3, 0.4) is 0 Å². The lowest BCUT2D eigenvalue weighted by molar-refractivity contribution is -0.279. The highest BCUT2D eigenvalue weighted by Crippen LogP contribution is 2.68. The fraction of sp³-hybridized carbons (Fsp3) is 1.00. The first-order valence-corrected chi connectivity index (χ1v) is 17.7. The summed E-state index contributed by atoms with van der Waals surface area (Å²) in [4.78, 5) is 0. The SMILES string of the molecule is COC1C(O)CC(OC2CCC3(C)C(CCC4C3CCC3(C)C4CC(O)C3C(C)C3CCCCN3)C2)OC1CC(C)O. The molecule has 6 fully saturated rings. The van der Waals surface area contributed by atoms with Crippen molar-refractivity contribution in [3.63, 3.8) is 0 Å². The fourth-order valence-electron chi connectivity index (χ4n) is 12.0. The van der Waals surface area contributed by atoms with E-state index in [1.54, 1.807) is 14.0 Å². The number of nitrogens with one attached hydrogen (secondary N) is 1. The summed E-state index contributed by atoms with van der Waals surface area (Å²) in [5, 5.41) is 36.1. The van der Waals surface area contributed by atoms with E-state index in [-0.39, 0.29) is 23.7 Å². The number of aliphatic hydroxyl groups is 3. The van der Waals surface area contributed by atoms with Gasteiger partial charge >= 0.3 is 0 Å². The van der Waals surface area contributed by atoms with E-state index in [1.807, 2.05) is 0 Å². The molecule has 7 heteroatoms. The Bertz CT molecular complexity index is 912. The van der Waals surface area contributed by atoms with Crippen LogP contribution in [0.25, 0.3) is 0 Å². The average molecular weight is 592 g/mol. The zero-order chi connectivity index (χ0) is 29.8. The molecule has 0 bridgehead atoms. The van der Waals surface area contributed by atoms with Gasteiger partial charge in [0.15, 0.2) is 6.29 Å². The van der Waals surface area contributed by atoms with Crippen LogP contribution >= 0.6 is 0 Å². The molecule has 0 amide bonds. The summed E-state index contributed by atoms with van der Waals surface area (Å²) in [5.74, 6) is 3.72. The molecule has 4 saturated carbocycles. The van der Waals surface area contributed by atoms with Crippen LogP contribution in [-0.4, -0.2) is 77.9 Å². The summed E-state index contributed by atoms with van der Waals surface area (Å²) in [6, 6.07) is 0.562. The van der Waals surface area contributed by atoms with Crippen molar-refractivity contribution in [1.82, 2.24) is 5.32 Å². The fourth-order valence-corrected chi connectivity index (χ4v) is 12.0. The van der Waals surface area contributed by atoms with Gasteiger partial charge in [-0.2, -0.15) is 0 Å². The summed E-state index contributed by atoms with van der Waals surface area (Å²) >= 11 is 0. The number of hydrogen-bond acceptors (Lipinski definition) is 7. The molecule has 4 aliphatic carbocycles. The van der Waals surface area contributed by atoms with Crippen LogP contribution in [0.5, 0.6) is 0 Å². The van der Waals surface area contributed by atoms with Crippen molar-refractivity contribution in [2.45, 2.75) is 160 Å². The van der Waals surface area contributed by atoms with Crippen molar-refractivity contribution in [3.05, 3.63) is 0 Å². The van der Waals surface area contributed by atoms with Crippen molar-refractivity contribution in [1.29, 1.82) is 0 Å². The van der Waals surface area contributed by atoms with Gasteiger partial charge in [0, 0.05) is 26.0 Å². The zero-order valence-electron chi connectivity index (χ0n) is 27.0. The Labute approximate surface area is 254 Å². The molecule has 6 rings (SSSR count). The van der Waals surface area contributed by atoms with Gasteiger partial charge in [-0.25, -0.2) is 0 Å². The smallest absolute Gasteiger partial charge is 0.161 e. The lowest BCUT2D eigenvalue weighted by atomic mass is 9.44. The molecule has 16 atom stereocenters. The highest BCUT2D eigenvalue weighted by atomic mass is 16.7. The van der Waals surface area contributed by atoms with Gasteiger partial charge in [0.2, 0.25) is 0 Å². The quantitative estimate of drug-likeness (QED) is 0.308. The van der Waals surface area contributed by atoms with Crippen molar-refractivity contribution >= 4 is 0 Å². The first-order valence-electron chi connectivity index (χ1n) is 17.7. The third kappa shape index (κ3) is 5.64. The molecule has 0 spiro atoms. The summed E-state index contributed by atoms with van der Waals surface area (Å²) in [5.41, 5.74) is 0.594. The van der Waals surface area contributed by atoms with Gasteiger partial charge in [0.05, 0.1) is 30.5 Å². The maximum atomic E-state index is 11.6. The number of ether oxygens (including phenoxy) is 3. The third-order valence-electron chi connectivity index (χ3n) is 14.0. The highest BCUT2D eigenvalue weighted by molar-refractivity contribution is 5.12. The maximum Gasteiger partial charge on any atom is 0.161 e. The Morgan fingerprint density at radius 1 is 0.905 bits per heavy atom. The molecular weight excluding hydrogens is 530 g/mol. The summed E-state index contributed by atoms with van der Waals surface area (Å²) in [6.07, 6.45) is 11.7. The molecule has 0 aromatic carbocycles. The van der Waals surface area contributed by atoms with Crippen molar-refractivity contribution in [2.24, 2.45) is 46.3 Å². The molecule has 4 N–H and O–H groups in total. The van der Waals surface area contributed by atoms with Gasteiger partial charge < -0.3 is 34.8 Å². The topological polar surface area (TPSA) is 100 Å². The zero-order valence-corrected chi connectivity index (χ0v) is 27.0. The number of aliphatic hydroxyl groups excluding tert-OH is 3. The number of rotatable bonds is 7. The summed E-state index contributed by atoms with van der Waals surface area (Å²) in [7, 11) is 1.60. The van der Waals surface area contributed by atoms with Gasteiger partial charge in [0.25, 0.3) is 0 Å². The standard InChI is InChI=1S/C35H61NO6/c1-20(37)16-30-33(40-5)29(39)19-31(42-30)41-23-11-13-34(3)22(17-23)9-10-24-25(34)12-14-35(4)26(24)18-28(38)32(35)21(2)27-8-6-7-15-36-27/h20-33,36-39H,6-19H2,1-5H3. The van der Waals surface area contributed by atoms with E-state index in [4.69, 9.17) is 14.2 Å². The molecule has 16 unspecified atom stereocenters. The Morgan fingerprint density at radius 3 is 2.40 bits per heavy atom. The lowest BCUT2D eigenvalue weighted by Gasteiger charge is -2.61. The second-order valence-corrected chi connectivity index (χ2v) is 16.2. The van der Waals surface area contributed by atoms with Gasteiger partial charge in [-0.1, -0.05) is 27.2 Å². The van der Waals surface area contributed by atoms with Crippen LogP contribution in [-0.2, 0) is 14.2 Å². The molecule has 2 heterocycles. The maximum absolute atomic E-state index is 11.6. The van der Waals surface area contributed by atoms with E-state index in [2.05, 4.69) is 26.1 Å². The Balaban J connectivity index is 1.10. The van der Waals surface area contributed by atoms with Crippen LogP contribution < -0.4 is 5.32 Å². The average Bonchev–Trinajstić information content (AvgIpc) is 3.22. The van der Waals surface area contributed by atoms with E-state index >= 15 is 0 Å². The van der Waals surface area contributed by atoms with Gasteiger partial charge in [-0.15, -0.1) is 0 Å². The molecular formula is C35H61NO6. The number of piperidine rings is 1. The first kappa shape index (κ1) is 31.7. The van der Waals surface area contributed by atoms with E-state index in [0.717, 1.165) is 37.6 Å². The van der Waals surface area contributed by atoms with E-state index in [1.165, 1.54) is 51.4 Å². The van der Waals surface area contributed by atoms with Crippen molar-refractivity contribution in [3.8, 4) is 0 Å². The first-order chi connectivity index (χ1) is 20.0. The Kier molecular flexibility index (Phi) is 9.42. The predicted molar refractivity (Wildman–Crippen MR) is 163 cm³/mol. The molecule has 0 aromatic rings. The second-order valence-electron chi connectivity index (χ2n) is 16.2. The van der Waals surface area contributed by atoms with E-state index in [0.29, 0.717) is 48.0 Å². The molecule has 42 heavy (non-hydrogen) atoms. The minimum absolute atomic E-state index is 0.151. The van der Waals surface area contributed by atoms with Crippen LogP contribution in [0.2, 0.25) is 0 Å². The van der Waals surface area contributed by atoms with Crippen LogP contribution in [0.15, 0.2) is 0 Å². The highest BCUT2D eigenvalue weighted by Gasteiger charge is 2.63. The third-order valence-corrected chi connectivity index (χ3v) is 14.0. The summed E-state index contributed by atoms with van der Waals surface area (Å²) < 4.78 is 18.4. The molecule has 0 aromatic heterocycles. The van der Waals surface area contributed by atoms with Crippen molar-refractivity contribution < 1.29 is 29.5 Å². The van der Waals surface area contributed by atoms with Gasteiger partial charge in [-0.05, 0) is 124 Å². The second kappa shape index (κ2) is 12.5. The monoisotopic (exact) mass is 591 g/mol. The number of methoxy groups -OCH3 is 1. The molecule has 2 saturated heterocycles. The Morgan fingerprint density at radius 2 is 1.69 bits per heavy atom. The van der Waals surface area contributed by atoms with E-state index in [9.17, 15) is 15.3 Å². The normalized spacial score (nSPS) is 52.6. The summed E-state index contributed by atoms with van der Waals surface area (Å²) in [6.45, 7) is 10.5.